The number of likely N-dealkylation sites (N-methyl/N-ethyl adjacent to an activating group) is 1. The average Bonchev–Trinajstić information content (AvgIpc) is 2.89. The second-order valence-electron chi connectivity index (χ2n) is 5.12. The van der Waals surface area contributed by atoms with Crippen molar-refractivity contribution < 1.29 is 4.74 Å². The first-order chi connectivity index (χ1) is 8.70. The molecule has 1 aliphatic rings. The van der Waals surface area contributed by atoms with E-state index in [1.54, 1.807) is 7.11 Å². The van der Waals surface area contributed by atoms with E-state index in [2.05, 4.69) is 42.0 Å². The molecule has 0 bridgehead atoms. The Morgan fingerprint density at radius 3 is 2.67 bits per heavy atom. The zero-order chi connectivity index (χ0) is 13.0. The van der Waals surface area contributed by atoms with Crippen LogP contribution in [0.1, 0.15) is 18.4 Å². The molecule has 0 amide bonds. The van der Waals surface area contributed by atoms with Crippen LogP contribution < -0.4 is 9.64 Å². The zero-order valence-electron chi connectivity index (χ0n) is 11.8. The molecule has 0 unspecified atom stereocenters. The van der Waals surface area contributed by atoms with Crippen LogP contribution in [-0.4, -0.2) is 45.2 Å². The first-order valence-corrected chi connectivity index (χ1v) is 6.79. The third-order valence-electron chi connectivity index (χ3n) is 3.78. The maximum absolute atomic E-state index is 5.38. The van der Waals surface area contributed by atoms with E-state index in [0.29, 0.717) is 0 Å². The van der Waals surface area contributed by atoms with Gasteiger partial charge in [0.15, 0.2) is 0 Å². The average molecular weight is 248 g/mol. The summed E-state index contributed by atoms with van der Waals surface area (Å²) in [5.41, 5.74) is 2.42. The lowest BCUT2D eigenvalue weighted by molar-refractivity contribution is 0.346. The lowest BCUT2D eigenvalue weighted by atomic mass is 10.2. The predicted molar refractivity (Wildman–Crippen MR) is 76.7 cm³/mol. The van der Waals surface area contributed by atoms with Crippen LogP contribution in [0.15, 0.2) is 18.2 Å². The Morgan fingerprint density at radius 1 is 1.28 bits per heavy atom. The maximum Gasteiger partial charge on any atom is 0.123 e. The van der Waals surface area contributed by atoms with Crippen molar-refractivity contribution in [1.82, 2.24) is 4.90 Å². The number of anilines is 1. The minimum atomic E-state index is 0.973. The number of likely N-dealkylation sites (tertiary alicyclic amines) is 1. The van der Waals surface area contributed by atoms with Crippen molar-refractivity contribution in [3.05, 3.63) is 23.8 Å². The second kappa shape index (κ2) is 6.10. The highest BCUT2D eigenvalue weighted by molar-refractivity contribution is 5.53. The minimum Gasteiger partial charge on any atom is -0.496 e. The molecule has 0 spiro atoms. The van der Waals surface area contributed by atoms with Gasteiger partial charge in [0.1, 0.15) is 5.75 Å². The van der Waals surface area contributed by atoms with E-state index in [1.165, 1.54) is 37.2 Å². The smallest absolute Gasteiger partial charge is 0.123 e. The summed E-state index contributed by atoms with van der Waals surface area (Å²) in [6.45, 7) is 6.85. The van der Waals surface area contributed by atoms with Gasteiger partial charge in [0.25, 0.3) is 0 Å². The molecule has 3 nitrogen and oxygen atoms in total. The summed E-state index contributed by atoms with van der Waals surface area (Å²) in [7, 11) is 3.89. The topological polar surface area (TPSA) is 15.7 Å². The fourth-order valence-corrected chi connectivity index (χ4v) is 2.47. The molecular weight excluding hydrogens is 224 g/mol. The summed E-state index contributed by atoms with van der Waals surface area (Å²) in [6.07, 6.45) is 2.73. The van der Waals surface area contributed by atoms with Gasteiger partial charge in [-0.2, -0.15) is 0 Å². The van der Waals surface area contributed by atoms with Crippen LogP contribution in [0.2, 0.25) is 0 Å². The minimum absolute atomic E-state index is 0.973. The molecule has 1 heterocycles. The lowest BCUT2D eigenvalue weighted by Gasteiger charge is -2.23. The van der Waals surface area contributed by atoms with Gasteiger partial charge in [-0.1, -0.05) is 6.07 Å². The summed E-state index contributed by atoms with van der Waals surface area (Å²) in [4.78, 5) is 4.85. The van der Waals surface area contributed by atoms with Gasteiger partial charge < -0.3 is 14.5 Å². The molecule has 0 N–H and O–H groups in total. The van der Waals surface area contributed by atoms with Crippen molar-refractivity contribution in [3.8, 4) is 5.75 Å². The summed E-state index contributed by atoms with van der Waals surface area (Å²) >= 11 is 0. The molecule has 18 heavy (non-hydrogen) atoms. The Balaban J connectivity index is 1.93. The van der Waals surface area contributed by atoms with Gasteiger partial charge >= 0.3 is 0 Å². The number of ether oxygens (including phenoxy) is 1. The van der Waals surface area contributed by atoms with Crippen LogP contribution in [0.25, 0.3) is 0 Å². The monoisotopic (exact) mass is 248 g/mol. The normalized spacial score (nSPS) is 15.9. The molecule has 100 valence electrons. The molecule has 1 fully saturated rings. The number of hydrogen-bond donors (Lipinski definition) is 0. The van der Waals surface area contributed by atoms with Crippen LogP contribution in [0.3, 0.4) is 0 Å². The Morgan fingerprint density at radius 2 is 2.00 bits per heavy atom. The molecule has 1 aliphatic heterocycles. The van der Waals surface area contributed by atoms with E-state index in [1.807, 2.05) is 0 Å². The van der Waals surface area contributed by atoms with Crippen molar-refractivity contribution in [2.24, 2.45) is 0 Å². The zero-order valence-corrected chi connectivity index (χ0v) is 11.8. The van der Waals surface area contributed by atoms with Crippen molar-refractivity contribution in [2.45, 2.75) is 19.8 Å². The van der Waals surface area contributed by atoms with Crippen LogP contribution in [-0.2, 0) is 0 Å². The standard InChI is InChI=1S/C15H24N2O/c1-13-6-7-14(12-15(13)18-3)16(2)10-11-17-8-4-5-9-17/h6-7,12H,4-5,8-11H2,1-3H3. The maximum atomic E-state index is 5.38. The van der Waals surface area contributed by atoms with E-state index in [4.69, 9.17) is 4.74 Å². The molecule has 0 radical (unpaired) electrons. The molecule has 0 aromatic heterocycles. The predicted octanol–water partition coefficient (Wildman–Crippen LogP) is 2.54. The number of nitrogens with zero attached hydrogens (tertiary/aromatic N) is 2. The first-order valence-electron chi connectivity index (χ1n) is 6.79. The fourth-order valence-electron chi connectivity index (χ4n) is 2.47. The number of rotatable bonds is 5. The fraction of sp³-hybridized carbons (Fsp3) is 0.600. The van der Waals surface area contributed by atoms with Gasteiger partial charge in [0, 0.05) is 31.9 Å². The summed E-state index contributed by atoms with van der Waals surface area (Å²) in [5.74, 6) is 0.973. The van der Waals surface area contributed by atoms with E-state index in [0.717, 1.165) is 18.8 Å². The third-order valence-corrected chi connectivity index (χ3v) is 3.78. The highest BCUT2D eigenvalue weighted by Gasteiger charge is 2.12. The van der Waals surface area contributed by atoms with Gasteiger partial charge in [-0.25, -0.2) is 0 Å². The Labute approximate surface area is 110 Å². The van der Waals surface area contributed by atoms with Crippen molar-refractivity contribution in [2.75, 3.05) is 45.2 Å². The summed E-state index contributed by atoms with van der Waals surface area (Å²) < 4.78 is 5.38. The molecule has 0 atom stereocenters. The van der Waals surface area contributed by atoms with Crippen molar-refractivity contribution in [3.63, 3.8) is 0 Å². The van der Waals surface area contributed by atoms with Gasteiger partial charge in [-0.3, -0.25) is 0 Å². The van der Waals surface area contributed by atoms with Gasteiger partial charge in [-0.15, -0.1) is 0 Å². The lowest BCUT2D eigenvalue weighted by Crippen LogP contribution is -2.31. The third kappa shape index (κ3) is 3.16. The van der Waals surface area contributed by atoms with Gasteiger partial charge in [0.2, 0.25) is 0 Å². The number of aryl methyl sites for hydroxylation is 1. The summed E-state index contributed by atoms with van der Waals surface area (Å²) in [5, 5.41) is 0. The van der Waals surface area contributed by atoms with Crippen LogP contribution >= 0.6 is 0 Å². The Bertz CT molecular complexity index is 386. The summed E-state index contributed by atoms with van der Waals surface area (Å²) in [6, 6.07) is 6.42. The molecule has 0 saturated carbocycles. The number of hydrogen-bond acceptors (Lipinski definition) is 3. The van der Waals surface area contributed by atoms with E-state index < -0.39 is 0 Å². The molecule has 0 aliphatic carbocycles. The van der Waals surface area contributed by atoms with E-state index in [9.17, 15) is 0 Å². The molecule has 2 rings (SSSR count). The quantitative estimate of drug-likeness (QED) is 0.796. The highest BCUT2D eigenvalue weighted by atomic mass is 16.5. The van der Waals surface area contributed by atoms with Gasteiger partial charge in [0.05, 0.1) is 7.11 Å². The SMILES string of the molecule is COc1cc(N(C)CCN2CCCC2)ccc1C. The highest BCUT2D eigenvalue weighted by Crippen LogP contribution is 2.24. The molecule has 1 saturated heterocycles. The van der Waals surface area contributed by atoms with E-state index >= 15 is 0 Å². The molecular formula is C15H24N2O. The van der Waals surface area contributed by atoms with Crippen LogP contribution in [0.5, 0.6) is 5.75 Å². The molecule has 1 aromatic rings. The Kier molecular flexibility index (Phi) is 4.48. The van der Waals surface area contributed by atoms with Gasteiger partial charge in [-0.05, 0) is 44.5 Å². The van der Waals surface area contributed by atoms with Crippen molar-refractivity contribution >= 4 is 5.69 Å². The first kappa shape index (κ1) is 13.2. The van der Waals surface area contributed by atoms with Crippen LogP contribution in [0.4, 0.5) is 5.69 Å². The van der Waals surface area contributed by atoms with E-state index in [-0.39, 0.29) is 0 Å². The molecule has 1 aromatic carbocycles. The number of methoxy groups -OCH3 is 1. The van der Waals surface area contributed by atoms with Crippen LogP contribution in [0, 0.1) is 6.92 Å². The molecule has 3 heteroatoms. The number of benzene rings is 1. The Hall–Kier alpha value is -1.22. The van der Waals surface area contributed by atoms with Crippen molar-refractivity contribution in [1.29, 1.82) is 0 Å². The largest absolute Gasteiger partial charge is 0.496 e. The second-order valence-corrected chi connectivity index (χ2v) is 5.12.